The summed E-state index contributed by atoms with van der Waals surface area (Å²) in [5.41, 5.74) is -0.624. The van der Waals surface area contributed by atoms with Gasteiger partial charge in [0.1, 0.15) is 0 Å². The number of aliphatic hydroxyl groups is 1. The van der Waals surface area contributed by atoms with Crippen molar-refractivity contribution in [2.24, 2.45) is 0 Å². The Hall–Kier alpha value is -0.430. The van der Waals surface area contributed by atoms with Crippen molar-refractivity contribution in [3.8, 4) is 0 Å². The summed E-state index contributed by atoms with van der Waals surface area (Å²) in [6, 6.07) is 6.46. The molecule has 1 aromatic rings. The van der Waals surface area contributed by atoms with Gasteiger partial charge in [0.05, 0.1) is 4.90 Å². The fourth-order valence-electron chi connectivity index (χ4n) is 1.54. The van der Waals surface area contributed by atoms with Crippen molar-refractivity contribution in [1.82, 2.24) is 4.72 Å². The predicted molar refractivity (Wildman–Crippen MR) is 74.9 cm³/mol. The molecule has 0 fully saturated rings. The van der Waals surface area contributed by atoms with Gasteiger partial charge in [-0.3, -0.25) is 0 Å². The van der Waals surface area contributed by atoms with Crippen molar-refractivity contribution in [3.05, 3.63) is 28.7 Å². The molecule has 1 unspecified atom stereocenters. The second-order valence-corrected chi connectivity index (χ2v) is 7.05. The van der Waals surface area contributed by atoms with E-state index in [0.717, 1.165) is 4.47 Å². The normalized spacial score (nSPS) is 15.3. The Kier molecular flexibility index (Phi) is 5.33. The van der Waals surface area contributed by atoms with Crippen molar-refractivity contribution < 1.29 is 13.5 Å². The van der Waals surface area contributed by atoms with Crippen LogP contribution in [0.1, 0.15) is 26.7 Å². The Bertz CT molecular complexity index is 487. The molecule has 0 aliphatic heterocycles. The van der Waals surface area contributed by atoms with Gasteiger partial charge in [-0.25, -0.2) is 13.1 Å². The lowest BCUT2D eigenvalue weighted by molar-refractivity contribution is 0.233. The zero-order valence-corrected chi connectivity index (χ0v) is 12.9. The molecule has 6 heteroatoms. The Morgan fingerprint density at radius 1 is 1.33 bits per heavy atom. The van der Waals surface area contributed by atoms with Crippen LogP contribution in [0.5, 0.6) is 0 Å². The molecular weight excluding hydrogens is 318 g/mol. The van der Waals surface area contributed by atoms with E-state index in [1.54, 1.807) is 31.2 Å². The molecule has 0 aliphatic rings. The highest BCUT2D eigenvalue weighted by Crippen LogP contribution is 2.20. The van der Waals surface area contributed by atoms with Crippen LogP contribution in [0.3, 0.4) is 0 Å². The number of halogens is 1. The predicted octanol–water partition coefficient (Wildman–Crippen LogP) is 2.28. The topological polar surface area (TPSA) is 66.4 Å². The highest BCUT2D eigenvalue weighted by Gasteiger charge is 2.28. The molecule has 1 rings (SSSR count). The van der Waals surface area contributed by atoms with Crippen LogP contribution in [0.15, 0.2) is 33.6 Å². The van der Waals surface area contributed by atoms with Gasteiger partial charge < -0.3 is 5.11 Å². The monoisotopic (exact) mass is 335 g/mol. The first-order valence-corrected chi connectivity index (χ1v) is 8.01. The standard InChI is InChI=1S/C12H18BrNO3S/c1-3-12(2,8-9-15)14-18(16,17)11-6-4-10(13)5-7-11/h4-7,14-15H,3,8-9H2,1-2H3. The molecule has 1 atom stereocenters. The van der Waals surface area contributed by atoms with E-state index in [2.05, 4.69) is 20.7 Å². The van der Waals surface area contributed by atoms with Gasteiger partial charge in [0.2, 0.25) is 10.0 Å². The smallest absolute Gasteiger partial charge is 0.241 e. The van der Waals surface area contributed by atoms with Gasteiger partial charge in [0.15, 0.2) is 0 Å². The van der Waals surface area contributed by atoms with Crippen LogP contribution in [0, 0.1) is 0 Å². The Balaban J connectivity index is 2.97. The van der Waals surface area contributed by atoms with Crippen LogP contribution < -0.4 is 4.72 Å². The van der Waals surface area contributed by atoms with E-state index >= 15 is 0 Å². The number of sulfonamides is 1. The number of nitrogens with one attached hydrogen (secondary N) is 1. The number of benzene rings is 1. The molecule has 0 amide bonds. The van der Waals surface area contributed by atoms with Crippen LogP contribution in [-0.2, 0) is 10.0 Å². The molecule has 0 aliphatic carbocycles. The first-order chi connectivity index (χ1) is 8.33. The Morgan fingerprint density at radius 2 is 1.89 bits per heavy atom. The van der Waals surface area contributed by atoms with Crippen LogP contribution in [0.4, 0.5) is 0 Å². The molecule has 1 aromatic carbocycles. The van der Waals surface area contributed by atoms with Crippen LogP contribution in [-0.4, -0.2) is 25.7 Å². The molecule has 18 heavy (non-hydrogen) atoms. The van der Waals surface area contributed by atoms with E-state index in [1.807, 2.05) is 6.92 Å². The molecular formula is C12H18BrNO3S. The largest absolute Gasteiger partial charge is 0.396 e. The SMILES string of the molecule is CCC(C)(CCO)NS(=O)(=O)c1ccc(Br)cc1. The molecule has 2 N–H and O–H groups in total. The summed E-state index contributed by atoms with van der Waals surface area (Å²) in [6.45, 7) is 3.63. The summed E-state index contributed by atoms with van der Waals surface area (Å²) < 4.78 is 27.9. The van der Waals surface area contributed by atoms with E-state index in [4.69, 9.17) is 5.11 Å². The number of aliphatic hydroxyl groups excluding tert-OH is 1. The first kappa shape index (κ1) is 15.6. The average molecular weight is 336 g/mol. The molecule has 0 heterocycles. The summed E-state index contributed by atoms with van der Waals surface area (Å²) in [5.74, 6) is 0. The summed E-state index contributed by atoms with van der Waals surface area (Å²) in [5, 5.41) is 9.00. The minimum Gasteiger partial charge on any atom is -0.396 e. The van der Waals surface area contributed by atoms with E-state index in [9.17, 15) is 8.42 Å². The molecule has 0 aromatic heterocycles. The van der Waals surface area contributed by atoms with Gasteiger partial charge in [-0.05, 0) is 44.0 Å². The lowest BCUT2D eigenvalue weighted by Crippen LogP contribution is -2.46. The van der Waals surface area contributed by atoms with Gasteiger partial charge in [-0.15, -0.1) is 0 Å². The van der Waals surface area contributed by atoms with E-state index in [0.29, 0.717) is 12.8 Å². The number of hydrogen-bond acceptors (Lipinski definition) is 3. The summed E-state index contributed by atoms with van der Waals surface area (Å²) in [6.07, 6.45) is 1.00. The van der Waals surface area contributed by atoms with Crippen LogP contribution in [0.2, 0.25) is 0 Å². The quantitative estimate of drug-likeness (QED) is 0.838. The zero-order chi connectivity index (χ0) is 13.8. The van der Waals surface area contributed by atoms with Crippen molar-refractivity contribution in [1.29, 1.82) is 0 Å². The van der Waals surface area contributed by atoms with E-state index in [1.165, 1.54) is 0 Å². The van der Waals surface area contributed by atoms with Crippen molar-refractivity contribution >= 4 is 26.0 Å². The van der Waals surface area contributed by atoms with Gasteiger partial charge in [-0.2, -0.15) is 0 Å². The molecule has 102 valence electrons. The number of rotatable bonds is 6. The van der Waals surface area contributed by atoms with Gasteiger partial charge >= 0.3 is 0 Å². The Morgan fingerprint density at radius 3 is 2.33 bits per heavy atom. The molecule has 0 spiro atoms. The third-order valence-corrected chi connectivity index (χ3v) is 5.13. The average Bonchev–Trinajstić information content (AvgIpc) is 2.29. The maximum atomic E-state index is 12.2. The second-order valence-electron chi connectivity index (χ2n) is 4.45. The third-order valence-electron chi connectivity index (χ3n) is 2.95. The van der Waals surface area contributed by atoms with E-state index < -0.39 is 15.6 Å². The maximum absolute atomic E-state index is 12.2. The maximum Gasteiger partial charge on any atom is 0.241 e. The third kappa shape index (κ3) is 4.05. The molecule has 0 radical (unpaired) electrons. The molecule has 0 saturated heterocycles. The Labute approximate surface area is 117 Å². The molecule has 0 saturated carbocycles. The highest BCUT2D eigenvalue weighted by atomic mass is 79.9. The summed E-state index contributed by atoms with van der Waals surface area (Å²) >= 11 is 3.26. The molecule has 4 nitrogen and oxygen atoms in total. The number of hydrogen-bond donors (Lipinski definition) is 2. The van der Waals surface area contributed by atoms with Crippen molar-refractivity contribution in [2.45, 2.75) is 37.1 Å². The lowest BCUT2D eigenvalue weighted by Gasteiger charge is -2.28. The summed E-state index contributed by atoms with van der Waals surface area (Å²) in [7, 11) is -3.55. The minimum absolute atomic E-state index is 0.0484. The minimum atomic E-state index is -3.55. The fourth-order valence-corrected chi connectivity index (χ4v) is 3.32. The van der Waals surface area contributed by atoms with Crippen LogP contribution >= 0.6 is 15.9 Å². The molecule has 0 bridgehead atoms. The highest BCUT2D eigenvalue weighted by molar-refractivity contribution is 9.10. The van der Waals surface area contributed by atoms with Gasteiger partial charge in [0, 0.05) is 16.6 Å². The first-order valence-electron chi connectivity index (χ1n) is 5.73. The van der Waals surface area contributed by atoms with Crippen LogP contribution in [0.25, 0.3) is 0 Å². The van der Waals surface area contributed by atoms with Gasteiger partial charge in [-0.1, -0.05) is 22.9 Å². The summed E-state index contributed by atoms with van der Waals surface area (Å²) in [4.78, 5) is 0.225. The van der Waals surface area contributed by atoms with Crippen molar-refractivity contribution in [2.75, 3.05) is 6.61 Å². The zero-order valence-electron chi connectivity index (χ0n) is 10.5. The van der Waals surface area contributed by atoms with Gasteiger partial charge in [0.25, 0.3) is 0 Å². The fraction of sp³-hybridized carbons (Fsp3) is 0.500. The lowest BCUT2D eigenvalue weighted by atomic mass is 9.97. The van der Waals surface area contributed by atoms with Crippen molar-refractivity contribution in [3.63, 3.8) is 0 Å². The van der Waals surface area contributed by atoms with E-state index in [-0.39, 0.29) is 11.5 Å². The second kappa shape index (κ2) is 6.14.